The Kier molecular flexibility index (Phi) is 26.8. The van der Waals surface area contributed by atoms with Crippen LogP contribution in [0.3, 0.4) is 0 Å². The predicted molar refractivity (Wildman–Crippen MR) is 174 cm³/mol. The van der Waals surface area contributed by atoms with Crippen molar-refractivity contribution in [3.05, 3.63) is 0 Å². The number of likely N-dealkylation sites (N-methyl/N-ethyl adjacent to an activating group) is 1. The van der Waals surface area contributed by atoms with Crippen molar-refractivity contribution in [1.82, 2.24) is 0 Å². The van der Waals surface area contributed by atoms with E-state index in [1.165, 1.54) is 83.5 Å². The maximum Gasteiger partial charge on any atom is 0.362 e. The highest BCUT2D eigenvalue weighted by Gasteiger charge is 2.31. The summed E-state index contributed by atoms with van der Waals surface area (Å²) in [5.41, 5.74) is 0. The largest absolute Gasteiger partial charge is 0.477 e. The van der Waals surface area contributed by atoms with Crippen LogP contribution in [0.2, 0.25) is 0 Å². The summed E-state index contributed by atoms with van der Waals surface area (Å²) in [4.78, 5) is 36.5. The number of rotatable bonds is 31. The number of carbonyl (C=O) groups is 3. The van der Waals surface area contributed by atoms with Gasteiger partial charge in [0.25, 0.3) is 0 Å². The lowest BCUT2D eigenvalue weighted by atomic mass is 10.1. The van der Waals surface area contributed by atoms with Gasteiger partial charge in [-0.25, -0.2) is 4.79 Å². The van der Waals surface area contributed by atoms with E-state index in [9.17, 15) is 19.5 Å². The van der Waals surface area contributed by atoms with Crippen molar-refractivity contribution in [3.63, 3.8) is 0 Å². The molecule has 0 amide bonds. The first-order chi connectivity index (χ1) is 20.6. The number of esters is 2. The van der Waals surface area contributed by atoms with E-state index in [1.807, 2.05) is 21.1 Å². The maximum atomic E-state index is 12.5. The molecular weight excluding hydrogens is 546 g/mol. The summed E-state index contributed by atoms with van der Waals surface area (Å²) < 4.78 is 17.1. The highest BCUT2D eigenvalue weighted by Crippen LogP contribution is 2.14. The lowest BCUT2D eigenvalue weighted by Gasteiger charge is -2.31. The Morgan fingerprint density at radius 3 is 1.44 bits per heavy atom. The first-order valence-corrected chi connectivity index (χ1v) is 17.6. The Labute approximate surface area is 264 Å². The normalized spacial score (nSPS) is 13.0. The number of carbonyl (C=O) groups excluding carboxylic acids is 2. The van der Waals surface area contributed by atoms with Crippen LogP contribution >= 0.6 is 0 Å². The van der Waals surface area contributed by atoms with Crippen LogP contribution in [0.5, 0.6) is 0 Å². The average Bonchev–Trinajstić information content (AvgIpc) is 2.94. The van der Waals surface area contributed by atoms with Gasteiger partial charge in [-0.1, -0.05) is 123 Å². The van der Waals surface area contributed by atoms with E-state index in [0.29, 0.717) is 19.3 Å². The van der Waals surface area contributed by atoms with Gasteiger partial charge in [-0.05, 0) is 12.8 Å². The van der Waals surface area contributed by atoms with Crippen molar-refractivity contribution < 1.29 is 38.2 Å². The first-order valence-electron chi connectivity index (χ1n) is 17.6. The van der Waals surface area contributed by atoms with Crippen molar-refractivity contribution in [2.75, 3.05) is 41.0 Å². The van der Waals surface area contributed by atoms with E-state index >= 15 is 0 Å². The van der Waals surface area contributed by atoms with Crippen molar-refractivity contribution in [2.45, 2.75) is 167 Å². The van der Waals surface area contributed by atoms with Gasteiger partial charge in [-0.2, -0.15) is 0 Å². The molecule has 0 aromatic heterocycles. The fourth-order valence-electron chi connectivity index (χ4n) is 5.21. The minimum atomic E-state index is -0.874. The zero-order valence-corrected chi connectivity index (χ0v) is 28.7. The topological polar surface area (TPSA) is 99.1 Å². The fourth-order valence-corrected chi connectivity index (χ4v) is 5.21. The summed E-state index contributed by atoms with van der Waals surface area (Å²) in [7, 11) is 5.51. The number of quaternary nitrogens is 1. The van der Waals surface area contributed by atoms with Crippen LogP contribution in [0.15, 0.2) is 0 Å². The molecule has 2 unspecified atom stereocenters. The fraction of sp³-hybridized carbons (Fsp3) is 0.914. The second kappa shape index (κ2) is 27.8. The molecule has 1 N–H and O–H groups in total. The molecule has 0 saturated carbocycles. The minimum absolute atomic E-state index is 0.0439. The van der Waals surface area contributed by atoms with Gasteiger partial charge in [-0.15, -0.1) is 0 Å². The number of carboxylic acid groups (broad SMARTS) is 1. The van der Waals surface area contributed by atoms with Crippen LogP contribution in [-0.4, -0.2) is 80.6 Å². The summed E-state index contributed by atoms with van der Waals surface area (Å²) >= 11 is 0. The Hall–Kier alpha value is -1.67. The summed E-state index contributed by atoms with van der Waals surface area (Å²) in [6.45, 7) is 4.69. The molecule has 0 aliphatic carbocycles. The van der Waals surface area contributed by atoms with Gasteiger partial charge in [0.15, 0.2) is 12.1 Å². The molecule has 0 radical (unpaired) electrons. The smallest absolute Gasteiger partial charge is 0.362 e. The summed E-state index contributed by atoms with van der Waals surface area (Å²) in [6.07, 6.45) is 22.9. The highest BCUT2D eigenvalue weighted by atomic mass is 16.6. The molecule has 0 aliphatic heterocycles. The third kappa shape index (κ3) is 26.5. The standard InChI is InChI=1S/C35H67NO7/c1-6-8-10-12-14-16-17-18-20-21-23-25-33(37)42-30-31(29-41-28-27-32(35(39)40)36(3,4)5)43-34(38)26-24-22-19-15-13-11-9-7-2/h31-32H,6-30H2,1-5H3/p+1. The number of aliphatic carboxylic acids is 1. The molecule has 0 saturated heterocycles. The van der Waals surface area contributed by atoms with Crippen molar-refractivity contribution >= 4 is 17.9 Å². The molecule has 0 spiro atoms. The van der Waals surface area contributed by atoms with E-state index in [-0.39, 0.29) is 36.2 Å². The Morgan fingerprint density at radius 2 is 1.02 bits per heavy atom. The highest BCUT2D eigenvalue weighted by molar-refractivity contribution is 5.72. The molecule has 2 atom stereocenters. The van der Waals surface area contributed by atoms with Gasteiger partial charge in [0, 0.05) is 19.3 Å². The first kappa shape index (κ1) is 41.3. The van der Waals surface area contributed by atoms with Crippen LogP contribution in [0.25, 0.3) is 0 Å². The van der Waals surface area contributed by atoms with Gasteiger partial charge in [0.05, 0.1) is 34.4 Å². The monoisotopic (exact) mass is 614 g/mol. The molecule has 0 aromatic rings. The molecule has 0 fully saturated rings. The quantitative estimate of drug-likeness (QED) is 0.0477. The van der Waals surface area contributed by atoms with Crippen LogP contribution in [0.1, 0.15) is 155 Å². The molecule has 43 heavy (non-hydrogen) atoms. The molecule has 8 heteroatoms. The average molecular weight is 615 g/mol. The molecule has 0 heterocycles. The van der Waals surface area contributed by atoms with Gasteiger partial charge < -0.3 is 23.8 Å². The number of hydrogen-bond acceptors (Lipinski definition) is 6. The van der Waals surface area contributed by atoms with Gasteiger partial charge >= 0.3 is 17.9 Å². The van der Waals surface area contributed by atoms with E-state index in [4.69, 9.17) is 14.2 Å². The summed E-state index contributed by atoms with van der Waals surface area (Å²) in [5.74, 6) is -1.47. The zero-order valence-electron chi connectivity index (χ0n) is 28.7. The van der Waals surface area contributed by atoms with E-state index < -0.39 is 18.1 Å². The third-order valence-corrected chi connectivity index (χ3v) is 8.01. The minimum Gasteiger partial charge on any atom is -0.477 e. The lowest BCUT2D eigenvalue weighted by molar-refractivity contribution is -0.887. The molecule has 254 valence electrons. The number of carboxylic acids is 1. The molecular formula is C35H68NO7+. The van der Waals surface area contributed by atoms with Gasteiger partial charge in [0.1, 0.15) is 6.61 Å². The Bertz CT molecular complexity index is 692. The summed E-state index contributed by atoms with van der Waals surface area (Å²) in [5, 5.41) is 9.54. The maximum absolute atomic E-state index is 12.5. The van der Waals surface area contributed by atoms with Crippen LogP contribution in [0.4, 0.5) is 0 Å². The SMILES string of the molecule is CCCCCCCCCCCCCC(=O)OCC(COCCC(C(=O)O)[N+](C)(C)C)OC(=O)CCCCCCCCCC. The van der Waals surface area contributed by atoms with Gasteiger partial charge in [0.2, 0.25) is 0 Å². The van der Waals surface area contributed by atoms with E-state index in [0.717, 1.165) is 38.5 Å². The van der Waals surface area contributed by atoms with Crippen LogP contribution < -0.4 is 0 Å². The van der Waals surface area contributed by atoms with Crippen LogP contribution in [0, 0.1) is 0 Å². The number of ether oxygens (including phenoxy) is 3. The lowest BCUT2D eigenvalue weighted by Crippen LogP contribution is -2.50. The molecule has 0 aliphatic rings. The van der Waals surface area contributed by atoms with Gasteiger partial charge in [-0.3, -0.25) is 9.59 Å². The predicted octanol–water partition coefficient (Wildman–Crippen LogP) is 8.24. The molecule has 0 rings (SSSR count). The number of hydrogen-bond donors (Lipinski definition) is 1. The molecule has 8 nitrogen and oxygen atoms in total. The number of nitrogens with zero attached hydrogens (tertiary/aromatic N) is 1. The van der Waals surface area contributed by atoms with E-state index in [2.05, 4.69) is 13.8 Å². The van der Waals surface area contributed by atoms with Crippen molar-refractivity contribution in [2.24, 2.45) is 0 Å². The molecule has 0 aromatic carbocycles. The van der Waals surface area contributed by atoms with E-state index in [1.54, 1.807) is 0 Å². The zero-order chi connectivity index (χ0) is 32.2. The second-order valence-corrected chi connectivity index (χ2v) is 13.1. The second-order valence-electron chi connectivity index (χ2n) is 13.1. The summed E-state index contributed by atoms with van der Waals surface area (Å²) in [6, 6.07) is -0.605. The van der Waals surface area contributed by atoms with Crippen LogP contribution in [-0.2, 0) is 28.6 Å². The molecule has 0 bridgehead atoms. The third-order valence-electron chi connectivity index (χ3n) is 8.01. The number of unbranched alkanes of at least 4 members (excludes halogenated alkanes) is 17. The Morgan fingerprint density at radius 1 is 0.605 bits per heavy atom. The van der Waals surface area contributed by atoms with Crippen molar-refractivity contribution in [3.8, 4) is 0 Å². The van der Waals surface area contributed by atoms with Crippen molar-refractivity contribution in [1.29, 1.82) is 0 Å². The Balaban J connectivity index is 4.43.